The summed E-state index contributed by atoms with van der Waals surface area (Å²) in [5.41, 5.74) is 6.68. The van der Waals surface area contributed by atoms with Crippen molar-refractivity contribution < 1.29 is 4.42 Å². The predicted molar refractivity (Wildman–Crippen MR) is 199 cm³/mol. The highest BCUT2D eigenvalue weighted by Gasteiger charge is 2.22. The molecule has 0 aliphatic heterocycles. The van der Waals surface area contributed by atoms with Gasteiger partial charge < -0.3 is 4.42 Å². The molecule has 0 saturated carbocycles. The lowest BCUT2D eigenvalue weighted by atomic mass is 9.87. The van der Waals surface area contributed by atoms with Gasteiger partial charge in [-0.15, -0.1) is 11.3 Å². The Labute approximate surface area is 267 Å². The first-order valence-corrected chi connectivity index (χ1v) is 16.6. The van der Waals surface area contributed by atoms with E-state index in [2.05, 4.69) is 146 Å². The summed E-state index contributed by atoms with van der Waals surface area (Å²) in [6.45, 7) is 0. The molecular weight excluding hydrogens is 577 g/mol. The molecule has 0 bridgehead atoms. The molecule has 0 aliphatic rings. The van der Waals surface area contributed by atoms with Crippen molar-refractivity contribution in [1.29, 1.82) is 0 Å². The minimum atomic E-state index is 0.944. The van der Waals surface area contributed by atoms with Gasteiger partial charge in [-0.25, -0.2) is 0 Å². The van der Waals surface area contributed by atoms with Crippen molar-refractivity contribution in [2.45, 2.75) is 0 Å². The summed E-state index contributed by atoms with van der Waals surface area (Å²) < 4.78 is 9.67. The van der Waals surface area contributed by atoms with E-state index in [1.807, 2.05) is 11.3 Å². The summed E-state index contributed by atoms with van der Waals surface area (Å²) in [4.78, 5) is 0. The van der Waals surface area contributed by atoms with Crippen LogP contribution in [0.25, 0.3) is 107 Å². The number of hydrogen-bond donors (Lipinski definition) is 0. The Morgan fingerprint density at radius 1 is 0.326 bits per heavy atom. The largest absolute Gasteiger partial charge is 0.455 e. The molecule has 0 saturated heterocycles. The van der Waals surface area contributed by atoms with E-state index in [0.29, 0.717) is 0 Å². The van der Waals surface area contributed by atoms with Crippen molar-refractivity contribution in [2.75, 3.05) is 0 Å². The van der Waals surface area contributed by atoms with Gasteiger partial charge in [-0.1, -0.05) is 127 Å². The van der Waals surface area contributed by atoms with Crippen LogP contribution in [-0.4, -0.2) is 0 Å². The zero-order chi connectivity index (χ0) is 29.9. The Kier molecular flexibility index (Phi) is 4.78. The Balaban J connectivity index is 1.29. The summed E-state index contributed by atoms with van der Waals surface area (Å²) in [7, 11) is 0. The Hall–Kier alpha value is -5.70. The van der Waals surface area contributed by atoms with Crippen LogP contribution in [0.4, 0.5) is 0 Å². The van der Waals surface area contributed by atoms with Gasteiger partial charge in [0.2, 0.25) is 0 Å². The molecule has 0 spiro atoms. The predicted octanol–water partition coefficient (Wildman–Crippen LogP) is 13.3. The number of fused-ring (bicyclic) bond motifs is 8. The average molecular weight is 601 g/mol. The zero-order valence-electron chi connectivity index (χ0n) is 24.7. The van der Waals surface area contributed by atoms with E-state index in [-0.39, 0.29) is 0 Å². The third-order valence-electron chi connectivity index (χ3n) is 10.0. The topological polar surface area (TPSA) is 13.1 Å². The van der Waals surface area contributed by atoms with Crippen molar-refractivity contribution in [1.82, 2.24) is 0 Å². The molecule has 2 heteroatoms. The van der Waals surface area contributed by atoms with Gasteiger partial charge in [0, 0.05) is 47.5 Å². The van der Waals surface area contributed by atoms with Gasteiger partial charge in [0.05, 0.1) is 0 Å². The molecule has 0 aliphatic carbocycles. The molecule has 1 nitrogen and oxygen atoms in total. The molecule has 11 aromatic rings. The van der Waals surface area contributed by atoms with Crippen molar-refractivity contribution in [3.63, 3.8) is 0 Å². The first kappa shape index (κ1) is 24.6. The lowest BCUT2D eigenvalue weighted by Crippen LogP contribution is -1.89. The lowest BCUT2D eigenvalue weighted by molar-refractivity contribution is 0.674. The lowest BCUT2D eigenvalue weighted by Gasteiger charge is -2.15. The number of hydrogen-bond acceptors (Lipinski definition) is 2. The Bertz CT molecular complexity index is 3010. The fourth-order valence-corrected chi connectivity index (χ4v) is 9.20. The fraction of sp³-hybridized carbons (Fsp3) is 0. The van der Waals surface area contributed by atoms with Crippen LogP contribution in [0.15, 0.2) is 150 Å². The molecule has 0 atom stereocenters. The van der Waals surface area contributed by atoms with Gasteiger partial charge in [0.25, 0.3) is 0 Å². The van der Waals surface area contributed by atoms with Crippen LogP contribution in [0, 0.1) is 0 Å². The van der Waals surface area contributed by atoms with Crippen molar-refractivity contribution >= 4 is 96.5 Å². The Morgan fingerprint density at radius 2 is 0.957 bits per heavy atom. The van der Waals surface area contributed by atoms with E-state index < -0.39 is 0 Å². The van der Waals surface area contributed by atoms with Crippen molar-refractivity contribution in [2.24, 2.45) is 0 Å². The minimum absolute atomic E-state index is 0.944. The molecule has 46 heavy (non-hydrogen) atoms. The van der Waals surface area contributed by atoms with E-state index in [4.69, 9.17) is 4.42 Å². The summed E-state index contributed by atoms with van der Waals surface area (Å²) in [5, 5.41) is 15.0. The normalized spacial score (nSPS) is 12.3. The molecule has 0 amide bonds. The second-order valence-electron chi connectivity index (χ2n) is 12.4. The average Bonchev–Trinajstić information content (AvgIpc) is 3.70. The zero-order valence-corrected chi connectivity index (χ0v) is 25.5. The highest BCUT2D eigenvalue weighted by Crippen LogP contribution is 2.48. The first-order chi connectivity index (χ1) is 22.8. The quantitative estimate of drug-likeness (QED) is 0.180. The number of benzene rings is 9. The molecule has 2 heterocycles. The van der Waals surface area contributed by atoms with E-state index in [9.17, 15) is 0 Å². The minimum Gasteiger partial charge on any atom is -0.455 e. The fourth-order valence-electron chi connectivity index (χ4n) is 7.97. The molecule has 11 rings (SSSR count). The van der Waals surface area contributed by atoms with Gasteiger partial charge >= 0.3 is 0 Å². The third-order valence-corrected chi connectivity index (χ3v) is 11.2. The van der Waals surface area contributed by atoms with E-state index in [1.54, 1.807) is 0 Å². The van der Waals surface area contributed by atoms with E-state index in [1.165, 1.54) is 80.0 Å². The van der Waals surface area contributed by atoms with Crippen LogP contribution in [0.1, 0.15) is 0 Å². The second-order valence-corrected chi connectivity index (χ2v) is 13.4. The van der Waals surface area contributed by atoms with Crippen LogP contribution in [0.5, 0.6) is 0 Å². The van der Waals surface area contributed by atoms with Crippen molar-refractivity contribution in [3.8, 4) is 22.3 Å². The first-order valence-electron chi connectivity index (χ1n) is 15.8. The smallest absolute Gasteiger partial charge is 0.143 e. The highest BCUT2D eigenvalue weighted by atomic mass is 32.1. The maximum Gasteiger partial charge on any atom is 0.143 e. The maximum atomic E-state index is 7.07. The van der Waals surface area contributed by atoms with Crippen LogP contribution >= 0.6 is 11.3 Å². The summed E-state index contributed by atoms with van der Waals surface area (Å²) in [6, 6.07) is 53.4. The standard InChI is InChI=1S/C44H24OS/c1-2-10-29-25(7-1)17-22-37-41-33(30-20-18-28-16-15-26-8-5-9-27-19-21-32(30)40(28)39(26)27)23-24-34(43(41)45-42(29)37)36-13-6-12-35-31-11-3-4-14-38(31)46-44(35)36/h1-24H. The Morgan fingerprint density at radius 3 is 1.87 bits per heavy atom. The third kappa shape index (κ3) is 3.19. The maximum absolute atomic E-state index is 7.07. The van der Waals surface area contributed by atoms with Crippen LogP contribution in [-0.2, 0) is 0 Å². The highest BCUT2D eigenvalue weighted by molar-refractivity contribution is 7.26. The van der Waals surface area contributed by atoms with Gasteiger partial charge in [0.15, 0.2) is 0 Å². The molecule has 0 N–H and O–H groups in total. The summed E-state index contributed by atoms with van der Waals surface area (Å²) in [6.07, 6.45) is 0. The summed E-state index contributed by atoms with van der Waals surface area (Å²) >= 11 is 1.87. The molecular formula is C44H24OS. The second kappa shape index (κ2) is 8.94. The van der Waals surface area contributed by atoms with Gasteiger partial charge in [-0.2, -0.15) is 0 Å². The molecule has 212 valence electrons. The van der Waals surface area contributed by atoms with E-state index in [0.717, 1.165) is 27.5 Å². The molecule has 2 aromatic heterocycles. The molecule has 0 fully saturated rings. The van der Waals surface area contributed by atoms with Gasteiger partial charge in [0.1, 0.15) is 11.2 Å². The molecule has 0 unspecified atom stereocenters. The van der Waals surface area contributed by atoms with Crippen LogP contribution in [0.3, 0.4) is 0 Å². The van der Waals surface area contributed by atoms with Crippen LogP contribution in [0.2, 0.25) is 0 Å². The number of thiophene rings is 1. The van der Waals surface area contributed by atoms with Gasteiger partial charge in [-0.05, 0) is 67.0 Å². The SMILES string of the molecule is c1ccc2c(c1)ccc1c2oc2c(-c3cccc4c3sc3ccccc34)ccc(-c3ccc4ccc5cccc6ccc3c4c56)c21. The van der Waals surface area contributed by atoms with Gasteiger partial charge in [-0.3, -0.25) is 0 Å². The van der Waals surface area contributed by atoms with Crippen molar-refractivity contribution in [3.05, 3.63) is 146 Å². The molecule has 0 radical (unpaired) electrons. The number of furan rings is 1. The van der Waals surface area contributed by atoms with E-state index >= 15 is 0 Å². The monoisotopic (exact) mass is 600 g/mol. The molecule has 9 aromatic carbocycles. The summed E-state index contributed by atoms with van der Waals surface area (Å²) in [5.74, 6) is 0. The van der Waals surface area contributed by atoms with Crippen LogP contribution < -0.4 is 0 Å². The number of rotatable bonds is 2.